The van der Waals surface area contributed by atoms with Gasteiger partial charge in [-0.3, -0.25) is 19.1 Å². The Morgan fingerprint density at radius 1 is 1.11 bits per heavy atom. The normalized spacial score (nSPS) is 14.2. The van der Waals surface area contributed by atoms with Crippen LogP contribution in [0.4, 0.5) is 0 Å². The van der Waals surface area contributed by atoms with Crippen LogP contribution < -0.4 is 11.2 Å². The molecule has 1 aromatic carbocycles. The third-order valence-electron chi connectivity index (χ3n) is 5.38. The lowest BCUT2D eigenvalue weighted by molar-refractivity contribution is 0.102. The molecule has 0 fully saturated rings. The summed E-state index contributed by atoms with van der Waals surface area (Å²) in [5.41, 5.74) is 2.11. The van der Waals surface area contributed by atoms with Crippen molar-refractivity contribution in [2.24, 2.45) is 5.92 Å². The van der Waals surface area contributed by atoms with Crippen LogP contribution in [0.3, 0.4) is 0 Å². The second-order valence-electron chi connectivity index (χ2n) is 8.13. The van der Waals surface area contributed by atoms with Crippen molar-refractivity contribution in [3.8, 4) is 0 Å². The molecule has 0 atom stereocenters. The Balaban J connectivity index is 2.13. The average Bonchev–Trinajstić information content (AvgIpc) is 3.12. The molecule has 0 bridgehead atoms. The summed E-state index contributed by atoms with van der Waals surface area (Å²) in [5.74, 6) is 0.0438. The number of rotatable bonds is 6. The molecule has 2 aromatic rings. The van der Waals surface area contributed by atoms with Gasteiger partial charge >= 0.3 is 5.69 Å². The maximum Gasteiger partial charge on any atom is 0.328 e. The van der Waals surface area contributed by atoms with Crippen LogP contribution in [0.5, 0.6) is 0 Å². The summed E-state index contributed by atoms with van der Waals surface area (Å²) < 4.78 is 1.48. The van der Waals surface area contributed by atoms with Crippen LogP contribution in [0.1, 0.15) is 71.8 Å². The number of carbonyl (C=O) groups is 1. The zero-order chi connectivity index (χ0) is 20.4. The monoisotopic (exact) mass is 380 g/mol. The van der Waals surface area contributed by atoms with E-state index in [1.165, 1.54) is 4.57 Å². The van der Waals surface area contributed by atoms with Gasteiger partial charge in [0.25, 0.3) is 5.56 Å². The molecule has 0 spiro atoms. The molecule has 1 aliphatic carbocycles. The summed E-state index contributed by atoms with van der Waals surface area (Å²) in [5, 5.41) is 0. The van der Waals surface area contributed by atoms with Gasteiger partial charge in [0.05, 0.1) is 0 Å². The maximum atomic E-state index is 13.5. The highest BCUT2D eigenvalue weighted by Gasteiger charge is 2.25. The molecule has 1 N–H and O–H groups in total. The Hall–Kier alpha value is -2.69. The van der Waals surface area contributed by atoms with E-state index in [2.05, 4.69) is 17.1 Å². The second kappa shape index (κ2) is 8.13. The predicted octanol–water partition coefficient (Wildman–Crippen LogP) is 3.86. The molecule has 0 saturated heterocycles. The van der Waals surface area contributed by atoms with Gasteiger partial charge in [-0.2, -0.15) is 0 Å². The van der Waals surface area contributed by atoms with Crippen molar-refractivity contribution in [1.82, 2.24) is 9.55 Å². The fraction of sp³-hybridized carbons (Fsp3) is 0.435. The molecule has 0 radical (unpaired) electrons. The number of nitrogens with one attached hydrogen (secondary N) is 1. The van der Waals surface area contributed by atoms with E-state index in [0.29, 0.717) is 23.6 Å². The zero-order valence-corrected chi connectivity index (χ0v) is 17.0. The molecule has 0 unspecified atom stereocenters. The molecule has 1 aliphatic rings. The molecule has 0 aliphatic heterocycles. The van der Waals surface area contributed by atoms with Crippen molar-refractivity contribution in [1.29, 1.82) is 0 Å². The van der Waals surface area contributed by atoms with Crippen LogP contribution in [0.2, 0.25) is 0 Å². The summed E-state index contributed by atoms with van der Waals surface area (Å²) in [6.45, 7) is 8.04. The fourth-order valence-electron chi connectivity index (χ4n) is 4.04. The molecule has 5 nitrogen and oxygen atoms in total. The summed E-state index contributed by atoms with van der Waals surface area (Å²) >= 11 is 0. The molecule has 0 amide bonds. The van der Waals surface area contributed by atoms with E-state index >= 15 is 0 Å². The van der Waals surface area contributed by atoms with Crippen molar-refractivity contribution < 1.29 is 4.79 Å². The van der Waals surface area contributed by atoms with E-state index in [4.69, 9.17) is 0 Å². The number of aromatic amines is 1. The Kier molecular flexibility index (Phi) is 5.82. The van der Waals surface area contributed by atoms with Gasteiger partial charge in [-0.25, -0.2) is 4.79 Å². The van der Waals surface area contributed by atoms with Gasteiger partial charge in [0, 0.05) is 17.7 Å². The summed E-state index contributed by atoms with van der Waals surface area (Å²) in [4.78, 5) is 41.1. The van der Waals surface area contributed by atoms with Crippen molar-refractivity contribution in [2.75, 3.05) is 0 Å². The minimum atomic E-state index is -0.506. The predicted molar refractivity (Wildman–Crippen MR) is 111 cm³/mol. The summed E-state index contributed by atoms with van der Waals surface area (Å²) in [6, 6.07) is 5.63. The molecular weight excluding hydrogens is 352 g/mol. The number of H-pyrrole nitrogens is 1. The fourth-order valence-corrected chi connectivity index (χ4v) is 4.04. The zero-order valence-electron chi connectivity index (χ0n) is 17.0. The largest absolute Gasteiger partial charge is 0.328 e. The quantitative estimate of drug-likeness (QED) is 0.611. The van der Waals surface area contributed by atoms with Gasteiger partial charge in [0.2, 0.25) is 5.78 Å². The first-order chi connectivity index (χ1) is 13.3. The number of aromatic nitrogens is 2. The first kappa shape index (κ1) is 20.1. The van der Waals surface area contributed by atoms with Crippen LogP contribution >= 0.6 is 0 Å². The minimum Gasteiger partial charge on any atom is -0.290 e. The molecule has 0 saturated carbocycles. The Labute approximate surface area is 165 Å². The molecule has 28 heavy (non-hydrogen) atoms. The van der Waals surface area contributed by atoms with Crippen LogP contribution in [0.25, 0.3) is 0 Å². The maximum absolute atomic E-state index is 13.5. The number of hydrogen-bond donors (Lipinski definition) is 1. The smallest absolute Gasteiger partial charge is 0.290 e. The Morgan fingerprint density at radius 3 is 2.29 bits per heavy atom. The van der Waals surface area contributed by atoms with Gasteiger partial charge in [0.15, 0.2) is 0 Å². The number of benzene rings is 1. The highest BCUT2D eigenvalue weighted by molar-refractivity contribution is 6.09. The van der Waals surface area contributed by atoms with E-state index in [1.807, 2.05) is 45.9 Å². The third kappa shape index (κ3) is 4.08. The van der Waals surface area contributed by atoms with E-state index in [0.717, 1.165) is 30.4 Å². The van der Waals surface area contributed by atoms with Gasteiger partial charge in [-0.1, -0.05) is 43.2 Å². The average molecular weight is 380 g/mol. The Bertz CT molecular complexity index is 1010. The topological polar surface area (TPSA) is 71.9 Å². The molecule has 5 heteroatoms. The summed E-state index contributed by atoms with van der Waals surface area (Å²) in [7, 11) is 0. The number of ketones is 1. The van der Waals surface area contributed by atoms with Crippen molar-refractivity contribution in [3.05, 3.63) is 79.1 Å². The molecule has 3 rings (SSSR count). The van der Waals surface area contributed by atoms with E-state index in [9.17, 15) is 14.4 Å². The highest BCUT2D eigenvalue weighted by atomic mass is 16.2. The second-order valence-corrected chi connectivity index (χ2v) is 8.13. The lowest BCUT2D eigenvalue weighted by Gasteiger charge is -2.19. The van der Waals surface area contributed by atoms with Crippen LogP contribution in [0, 0.1) is 19.8 Å². The SMILES string of the molecule is Cc1cc(C)cc(C(=O)c2c(C(C)C)c(=O)[nH]c(=O)n2CCC2CC=CC2)c1. The summed E-state index contributed by atoms with van der Waals surface area (Å²) in [6.07, 6.45) is 7.09. The first-order valence-electron chi connectivity index (χ1n) is 9.93. The van der Waals surface area contributed by atoms with Crippen molar-refractivity contribution >= 4 is 5.78 Å². The standard InChI is InChI=1S/C23H28N2O3/c1-14(2)19-20(21(26)18-12-15(3)11-16(4)13-18)25(23(28)24-22(19)27)10-9-17-7-5-6-8-17/h5-6,11-14,17H,7-10H2,1-4H3,(H,24,27,28). The lowest BCUT2D eigenvalue weighted by atomic mass is 9.95. The third-order valence-corrected chi connectivity index (χ3v) is 5.38. The van der Waals surface area contributed by atoms with Gasteiger partial charge in [-0.05, 0) is 57.1 Å². The lowest BCUT2D eigenvalue weighted by Crippen LogP contribution is -2.38. The van der Waals surface area contributed by atoms with Crippen molar-refractivity contribution in [3.63, 3.8) is 0 Å². The van der Waals surface area contributed by atoms with Crippen LogP contribution in [-0.2, 0) is 6.54 Å². The first-order valence-corrected chi connectivity index (χ1v) is 9.93. The van der Waals surface area contributed by atoms with Crippen LogP contribution in [-0.4, -0.2) is 15.3 Å². The van der Waals surface area contributed by atoms with Gasteiger partial charge in [0.1, 0.15) is 5.69 Å². The minimum absolute atomic E-state index is 0.173. The number of allylic oxidation sites excluding steroid dienone is 2. The van der Waals surface area contributed by atoms with Crippen LogP contribution in [0.15, 0.2) is 39.9 Å². The number of carbonyl (C=O) groups excluding carboxylic acids is 1. The van der Waals surface area contributed by atoms with E-state index in [1.54, 1.807) is 0 Å². The number of hydrogen-bond acceptors (Lipinski definition) is 3. The molecule has 1 heterocycles. The molecule has 1 aromatic heterocycles. The van der Waals surface area contributed by atoms with E-state index in [-0.39, 0.29) is 17.4 Å². The van der Waals surface area contributed by atoms with Gasteiger partial charge < -0.3 is 0 Å². The number of nitrogens with zero attached hydrogens (tertiary/aromatic N) is 1. The number of aryl methyl sites for hydroxylation is 2. The van der Waals surface area contributed by atoms with Crippen molar-refractivity contribution in [2.45, 2.75) is 59.4 Å². The van der Waals surface area contributed by atoms with E-state index < -0.39 is 11.2 Å². The molecular formula is C23H28N2O3. The highest BCUT2D eigenvalue weighted by Crippen LogP contribution is 2.24. The van der Waals surface area contributed by atoms with Gasteiger partial charge in [-0.15, -0.1) is 0 Å². The Morgan fingerprint density at radius 2 is 1.71 bits per heavy atom. The molecule has 148 valence electrons.